The topological polar surface area (TPSA) is 65.1 Å². The van der Waals surface area contributed by atoms with Gasteiger partial charge in [-0.2, -0.15) is 0 Å². The first-order valence-electron chi connectivity index (χ1n) is 8.46. The highest BCUT2D eigenvalue weighted by molar-refractivity contribution is 5.75. The fraction of sp³-hybridized carbons (Fsp3) is 0.875. The average molecular weight is 326 g/mol. The summed E-state index contributed by atoms with van der Waals surface area (Å²) >= 11 is 0. The van der Waals surface area contributed by atoms with E-state index in [1.54, 1.807) is 4.90 Å². The van der Waals surface area contributed by atoms with Gasteiger partial charge in [-0.1, -0.05) is 0 Å². The zero-order valence-corrected chi connectivity index (χ0v) is 14.8. The van der Waals surface area contributed by atoms with Gasteiger partial charge in [0.15, 0.2) is 0 Å². The molecule has 2 rings (SSSR count). The molecule has 0 saturated carbocycles. The quantitative estimate of drug-likeness (QED) is 0.790. The number of carbonyl (C=O) groups is 2. The molecule has 7 nitrogen and oxygen atoms in total. The maximum atomic E-state index is 12.3. The lowest BCUT2D eigenvalue weighted by molar-refractivity contribution is 0.0188. The van der Waals surface area contributed by atoms with Crippen LogP contribution in [0.15, 0.2) is 0 Å². The van der Waals surface area contributed by atoms with Crippen LogP contribution < -0.4 is 5.32 Å². The number of rotatable bonds is 1. The van der Waals surface area contributed by atoms with Crippen LogP contribution in [-0.4, -0.2) is 84.8 Å². The molecule has 2 aliphatic rings. The Balaban J connectivity index is 1.81. The Kier molecular flexibility index (Phi) is 5.73. The van der Waals surface area contributed by atoms with E-state index in [1.807, 2.05) is 25.7 Å². The number of piperazine rings is 1. The summed E-state index contributed by atoms with van der Waals surface area (Å²) in [7, 11) is 2.06. The van der Waals surface area contributed by atoms with Gasteiger partial charge in [0.25, 0.3) is 0 Å². The second-order valence-electron chi connectivity index (χ2n) is 7.51. The van der Waals surface area contributed by atoms with Crippen molar-refractivity contribution in [1.29, 1.82) is 0 Å². The van der Waals surface area contributed by atoms with Gasteiger partial charge < -0.3 is 24.8 Å². The van der Waals surface area contributed by atoms with E-state index in [2.05, 4.69) is 17.3 Å². The molecule has 132 valence electrons. The van der Waals surface area contributed by atoms with Crippen molar-refractivity contribution in [2.24, 2.45) is 0 Å². The Morgan fingerprint density at radius 2 is 1.70 bits per heavy atom. The summed E-state index contributed by atoms with van der Waals surface area (Å²) in [6.07, 6.45) is 1.49. The van der Waals surface area contributed by atoms with E-state index in [9.17, 15) is 9.59 Å². The van der Waals surface area contributed by atoms with Crippen LogP contribution in [-0.2, 0) is 4.74 Å². The fourth-order valence-electron chi connectivity index (χ4n) is 2.86. The van der Waals surface area contributed by atoms with Gasteiger partial charge in [0.1, 0.15) is 5.60 Å². The minimum absolute atomic E-state index is 0.00317. The second-order valence-corrected chi connectivity index (χ2v) is 7.51. The Bertz CT molecular complexity index is 428. The lowest BCUT2D eigenvalue weighted by atomic mass is 10.1. The van der Waals surface area contributed by atoms with Crippen LogP contribution in [0.1, 0.15) is 33.6 Å². The van der Waals surface area contributed by atoms with Crippen molar-refractivity contribution in [1.82, 2.24) is 20.0 Å². The van der Waals surface area contributed by atoms with Gasteiger partial charge >= 0.3 is 12.1 Å². The normalized spacial score (nSPS) is 23.6. The van der Waals surface area contributed by atoms with E-state index in [4.69, 9.17) is 4.74 Å². The number of urea groups is 1. The van der Waals surface area contributed by atoms with Crippen molar-refractivity contribution in [3.63, 3.8) is 0 Å². The molecule has 0 aromatic rings. The van der Waals surface area contributed by atoms with E-state index in [-0.39, 0.29) is 18.2 Å². The van der Waals surface area contributed by atoms with E-state index in [0.717, 1.165) is 39.0 Å². The molecule has 2 saturated heterocycles. The Morgan fingerprint density at radius 3 is 2.30 bits per heavy atom. The first-order valence-corrected chi connectivity index (χ1v) is 8.46. The molecule has 0 bridgehead atoms. The van der Waals surface area contributed by atoms with Gasteiger partial charge in [0.05, 0.1) is 0 Å². The third kappa shape index (κ3) is 5.57. The predicted octanol–water partition coefficient (Wildman–Crippen LogP) is 1.34. The standard InChI is InChI=1S/C16H30N4O3/c1-16(2,3)23-15(22)20-7-5-6-13(12-20)17-14(21)19-10-8-18(4)9-11-19/h13H,5-12H2,1-4H3,(H,17,21)/t13-/m0/s1. The molecule has 1 N–H and O–H groups in total. The molecule has 2 heterocycles. The number of hydrogen-bond acceptors (Lipinski definition) is 4. The maximum Gasteiger partial charge on any atom is 0.410 e. The molecular weight excluding hydrogens is 296 g/mol. The highest BCUT2D eigenvalue weighted by atomic mass is 16.6. The van der Waals surface area contributed by atoms with Crippen molar-refractivity contribution in [2.45, 2.75) is 45.3 Å². The Labute approximate surface area is 138 Å². The first-order chi connectivity index (χ1) is 10.7. The number of likely N-dealkylation sites (tertiary alicyclic amines) is 1. The lowest BCUT2D eigenvalue weighted by Gasteiger charge is -2.37. The molecular formula is C16H30N4O3. The summed E-state index contributed by atoms with van der Waals surface area (Å²) in [5, 5.41) is 3.07. The SMILES string of the molecule is CN1CCN(C(=O)N[C@H]2CCCN(C(=O)OC(C)(C)C)C2)CC1. The molecule has 7 heteroatoms. The van der Waals surface area contributed by atoms with Crippen molar-refractivity contribution in [2.75, 3.05) is 46.3 Å². The zero-order valence-electron chi connectivity index (χ0n) is 14.8. The van der Waals surface area contributed by atoms with Gasteiger partial charge in [-0.05, 0) is 40.7 Å². The van der Waals surface area contributed by atoms with Crippen LogP contribution in [0.3, 0.4) is 0 Å². The van der Waals surface area contributed by atoms with E-state index >= 15 is 0 Å². The molecule has 0 spiro atoms. The van der Waals surface area contributed by atoms with Crippen molar-refractivity contribution >= 4 is 12.1 Å². The number of amides is 3. The molecule has 3 amide bonds. The summed E-state index contributed by atoms with van der Waals surface area (Å²) in [5.41, 5.74) is -0.493. The summed E-state index contributed by atoms with van der Waals surface area (Å²) < 4.78 is 5.42. The molecule has 2 fully saturated rings. The van der Waals surface area contributed by atoms with Gasteiger partial charge in [-0.3, -0.25) is 0 Å². The molecule has 23 heavy (non-hydrogen) atoms. The summed E-state index contributed by atoms with van der Waals surface area (Å²) in [5.74, 6) is 0. The highest BCUT2D eigenvalue weighted by Crippen LogP contribution is 2.15. The monoisotopic (exact) mass is 326 g/mol. The Morgan fingerprint density at radius 1 is 1.04 bits per heavy atom. The number of hydrogen-bond donors (Lipinski definition) is 1. The van der Waals surface area contributed by atoms with Gasteiger partial charge in [0, 0.05) is 45.3 Å². The highest BCUT2D eigenvalue weighted by Gasteiger charge is 2.29. The van der Waals surface area contributed by atoms with E-state index in [0.29, 0.717) is 13.1 Å². The third-order valence-corrected chi connectivity index (χ3v) is 4.19. The molecule has 0 aromatic carbocycles. The van der Waals surface area contributed by atoms with Crippen LogP contribution in [0, 0.1) is 0 Å². The van der Waals surface area contributed by atoms with Gasteiger partial charge in [0.2, 0.25) is 0 Å². The number of ether oxygens (including phenoxy) is 1. The van der Waals surface area contributed by atoms with E-state index in [1.165, 1.54) is 0 Å². The summed E-state index contributed by atoms with van der Waals surface area (Å²) in [6, 6.07) is -0.0161. The minimum atomic E-state index is -0.493. The van der Waals surface area contributed by atoms with Crippen LogP contribution in [0.25, 0.3) is 0 Å². The number of nitrogens with zero attached hydrogens (tertiary/aromatic N) is 3. The van der Waals surface area contributed by atoms with Crippen LogP contribution >= 0.6 is 0 Å². The fourth-order valence-corrected chi connectivity index (χ4v) is 2.86. The third-order valence-electron chi connectivity index (χ3n) is 4.19. The summed E-state index contributed by atoms with van der Waals surface area (Å²) in [6.45, 7) is 10.1. The Hall–Kier alpha value is -1.50. The average Bonchev–Trinajstić information content (AvgIpc) is 2.46. The maximum absolute atomic E-state index is 12.3. The number of carbonyl (C=O) groups excluding carboxylic acids is 2. The lowest BCUT2D eigenvalue weighted by Crippen LogP contribution is -2.56. The van der Waals surface area contributed by atoms with Crippen molar-refractivity contribution < 1.29 is 14.3 Å². The van der Waals surface area contributed by atoms with Gasteiger partial charge in [-0.15, -0.1) is 0 Å². The molecule has 1 atom stereocenters. The second kappa shape index (κ2) is 7.38. The molecule has 0 aromatic heterocycles. The molecule has 0 aliphatic carbocycles. The predicted molar refractivity (Wildman–Crippen MR) is 88.4 cm³/mol. The smallest absolute Gasteiger partial charge is 0.410 e. The van der Waals surface area contributed by atoms with E-state index < -0.39 is 5.60 Å². The van der Waals surface area contributed by atoms with Crippen molar-refractivity contribution in [3.05, 3.63) is 0 Å². The number of nitrogens with one attached hydrogen (secondary N) is 1. The number of piperidine rings is 1. The van der Waals surface area contributed by atoms with Crippen molar-refractivity contribution in [3.8, 4) is 0 Å². The molecule has 0 unspecified atom stereocenters. The molecule has 0 radical (unpaired) electrons. The number of likely N-dealkylation sites (N-methyl/N-ethyl adjacent to an activating group) is 1. The van der Waals surface area contributed by atoms with Crippen LogP contribution in [0.4, 0.5) is 9.59 Å². The van der Waals surface area contributed by atoms with Crippen LogP contribution in [0.5, 0.6) is 0 Å². The molecule has 2 aliphatic heterocycles. The zero-order chi connectivity index (χ0) is 17.0. The van der Waals surface area contributed by atoms with Gasteiger partial charge in [-0.25, -0.2) is 9.59 Å². The largest absolute Gasteiger partial charge is 0.444 e. The first kappa shape index (κ1) is 17.8. The minimum Gasteiger partial charge on any atom is -0.444 e. The summed E-state index contributed by atoms with van der Waals surface area (Å²) in [4.78, 5) is 30.3. The van der Waals surface area contributed by atoms with Crippen LogP contribution in [0.2, 0.25) is 0 Å².